The van der Waals surface area contributed by atoms with E-state index in [1.54, 1.807) is 18.3 Å². The van der Waals surface area contributed by atoms with Crippen LogP contribution >= 0.6 is 15.9 Å². The van der Waals surface area contributed by atoms with E-state index >= 15 is 0 Å². The lowest BCUT2D eigenvalue weighted by Gasteiger charge is -2.07. The minimum Gasteiger partial charge on any atom is -0.454 e. The molecule has 0 aliphatic rings. The molecule has 1 N–H and O–H groups in total. The van der Waals surface area contributed by atoms with E-state index in [-0.39, 0.29) is 11.7 Å². The Balaban J connectivity index is 1.43. The Morgan fingerprint density at radius 2 is 2.03 bits per heavy atom. The summed E-state index contributed by atoms with van der Waals surface area (Å²) in [4.78, 5) is 12.6. The number of nitrogens with one attached hydrogen (secondary N) is 1. The van der Waals surface area contributed by atoms with Gasteiger partial charge in [-0.3, -0.25) is 14.2 Å². The summed E-state index contributed by atoms with van der Waals surface area (Å²) in [6.07, 6.45) is 3.64. The Bertz CT molecular complexity index is 1140. The zero-order chi connectivity index (χ0) is 20.4. The van der Waals surface area contributed by atoms with Gasteiger partial charge in [0.1, 0.15) is 5.76 Å². The monoisotopic (exact) mass is 453 g/mol. The highest BCUT2D eigenvalue weighted by Crippen LogP contribution is 2.21. The zero-order valence-electron chi connectivity index (χ0n) is 16.1. The maximum atomic E-state index is 12.6. The van der Waals surface area contributed by atoms with E-state index in [2.05, 4.69) is 31.4 Å². The average Bonchev–Trinajstić information content (AvgIpc) is 3.42. The number of rotatable bonds is 6. The molecule has 3 aromatic heterocycles. The number of amides is 1. The quantitative estimate of drug-likeness (QED) is 0.469. The van der Waals surface area contributed by atoms with Gasteiger partial charge in [-0.25, -0.2) is 0 Å². The number of hydrogen-bond acceptors (Lipinski definition) is 4. The number of hydrogen-bond donors (Lipinski definition) is 1. The molecule has 0 radical (unpaired) electrons. The molecule has 0 atom stereocenters. The Labute approximate surface area is 176 Å². The standard InChI is InChI=1S/C21H20BrN5O2/c1-14-20(22)15(2)27(25-14)13-18-7-8-19(29-18)21(28)24-17-6-3-5-16(11-17)12-26-10-4-9-23-26/h3-11H,12-13H2,1-2H3,(H,24,28). The molecule has 1 aromatic carbocycles. The largest absolute Gasteiger partial charge is 0.454 e. The molecule has 1 amide bonds. The van der Waals surface area contributed by atoms with Gasteiger partial charge >= 0.3 is 0 Å². The van der Waals surface area contributed by atoms with Crippen LogP contribution < -0.4 is 5.32 Å². The van der Waals surface area contributed by atoms with Crippen LogP contribution in [0.5, 0.6) is 0 Å². The fraction of sp³-hybridized carbons (Fsp3) is 0.190. The van der Waals surface area contributed by atoms with Gasteiger partial charge in [0.25, 0.3) is 5.91 Å². The highest BCUT2D eigenvalue weighted by atomic mass is 79.9. The van der Waals surface area contributed by atoms with Gasteiger partial charge in [0.2, 0.25) is 0 Å². The van der Waals surface area contributed by atoms with Crippen LogP contribution in [0.4, 0.5) is 5.69 Å². The van der Waals surface area contributed by atoms with Crippen molar-refractivity contribution in [2.24, 2.45) is 0 Å². The van der Waals surface area contributed by atoms with E-state index in [0.29, 0.717) is 24.5 Å². The average molecular weight is 454 g/mol. The summed E-state index contributed by atoms with van der Waals surface area (Å²) in [6.45, 7) is 5.02. The number of nitrogens with zero attached hydrogens (tertiary/aromatic N) is 4. The molecule has 4 aromatic rings. The number of carbonyl (C=O) groups is 1. The third-order valence-electron chi connectivity index (χ3n) is 4.57. The van der Waals surface area contributed by atoms with Crippen LogP contribution in [0, 0.1) is 13.8 Å². The van der Waals surface area contributed by atoms with Crippen LogP contribution in [0.15, 0.2) is 63.7 Å². The summed E-state index contributed by atoms with van der Waals surface area (Å²) in [6, 6.07) is 13.0. The molecule has 0 unspecified atom stereocenters. The van der Waals surface area contributed by atoms with Crippen LogP contribution in [0.1, 0.15) is 33.3 Å². The van der Waals surface area contributed by atoms with E-state index in [1.807, 2.05) is 59.7 Å². The molecule has 3 heterocycles. The van der Waals surface area contributed by atoms with Crippen LogP contribution in [-0.4, -0.2) is 25.5 Å². The zero-order valence-corrected chi connectivity index (χ0v) is 17.7. The number of carbonyl (C=O) groups excluding carboxylic acids is 1. The van der Waals surface area contributed by atoms with Crippen molar-refractivity contribution in [3.8, 4) is 0 Å². The predicted molar refractivity (Wildman–Crippen MR) is 113 cm³/mol. The van der Waals surface area contributed by atoms with E-state index in [9.17, 15) is 4.79 Å². The number of halogens is 1. The molecule has 0 aliphatic carbocycles. The molecule has 4 rings (SSSR count). The first-order valence-electron chi connectivity index (χ1n) is 9.15. The minimum atomic E-state index is -0.290. The SMILES string of the molecule is Cc1nn(Cc2ccc(C(=O)Nc3cccc(Cn4cccn4)c3)o2)c(C)c1Br. The Morgan fingerprint density at radius 3 is 2.76 bits per heavy atom. The summed E-state index contributed by atoms with van der Waals surface area (Å²) >= 11 is 3.52. The Kier molecular flexibility index (Phi) is 5.35. The number of aryl methyl sites for hydroxylation is 1. The second kappa shape index (κ2) is 8.08. The lowest BCUT2D eigenvalue weighted by molar-refractivity contribution is 0.0994. The Hall–Kier alpha value is -3.13. The van der Waals surface area contributed by atoms with Gasteiger partial charge in [-0.2, -0.15) is 10.2 Å². The molecule has 29 heavy (non-hydrogen) atoms. The molecule has 0 aliphatic heterocycles. The molecular weight excluding hydrogens is 434 g/mol. The van der Waals surface area contributed by atoms with Gasteiger partial charge in [-0.1, -0.05) is 12.1 Å². The maximum Gasteiger partial charge on any atom is 0.291 e. The van der Waals surface area contributed by atoms with E-state index < -0.39 is 0 Å². The number of anilines is 1. The van der Waals surface area contributed by atoms with Crippen LogP contribution in [0.25, 0.3) is 0 Å². The summed E-state index contributed by atoms with van der Waals surface area (Å²) in [5, 5.41) is 11.6. The van der Waals surface area contributed by atoms with Gasteiger partial charge in [0, 0.05) is 18.1 Å². The summed E-state index contributed by atoms with van der Waals surface area (Å²) in [5.41, 5.74) is 3.68. The molecule has 0 bridgehead atoms. The van der Waals surface area contributed by atoms with Gasteiger partial charge in [0.15, 0.2) is 5.76 Å². The topological polar surface area (TPSA) is 77.9 Å². The van der Waals surface area contributed by atoms with Crippen molar-refractivity contribution >= 4 is 27.5 Å². The highest BCUT2D eigenvalue weighted by molar-refractivity contribution is 9.10. The third kappa shape index (κ3) is 4.32. The molecule has 8 heteroatoms. The van der Waals surface area contributed by atoms with Gasteiger partial charge in [-0.15, -0.1) is 0 Å². The van der Waals surface area contributed by atoms with Gasteiger partial charge in [0.05, 0.1) is 29.0 Å². The maximum absolute atomic E-state index is 12.6. The van der Waals surface area contributed by atoms with Gasteiger partial charge < -0.3 is 9.73 Å². The van der Waals surface area contributed by atoms with Crippen molar-refractivity contribution < 1.29 is 9.21 Å². The summed E-state index contributed by atoms with van der Waals surface area (Å²) in [7, 11) is 0. The van der Waals surface area contributed by atoms with Crippen molar-refractivity contribution in [3.05, 3.63) is 87.8 Å². The van der Waals surface area contributed by atoms with Crippen molar-refractivity contribution in [2.45, 2.75) is 26.9 Å². The van der Waals surface area contributed by atoms with E-state index in [4.69, 9.17) is 4.42 Å². The first-order valence-corrected chi connectivity index (χ1v) is 9.95. The summed E-state index contributed by atoms with van der Waals surface area (Å²) < 4.78 is 10.4. The minimum absolute atomic E-state index is 0.262. The molecule has 0 spiro atoms. The predicted octanol–water partition coefficient (Wildman–Crippen LogP) is 4.40. The van der Waals surface area contributed by atoms with Gasteiger partial charge in [-0.05, 0) is 65.7 Å². The molecule has 0 saturated heterocycles. The molecule has 7 nitrogen and oxygen atoms in total. The summed E-state index contributed by atoms with van der Waals surface area (Å²) in [5.74, 6) is 0.640. The second-order valence-electron chi connectivity index (χ2n) is 6.77. The lowest BCUT2D eigenvalue weighted by atomic mass is 10.2. The normalized spacial score (nSPS) is 11.0. The highest BCUT2D eigenvalue weighted by Gasteiger charge is 2.14. The molecular formula is C21H20BrN5O2. The number of aromatic nitrogens is 4. The smallest absolute Gasteiger partial charge is 0.291 e. The van der Waals surface area contributed by atoms with Crippen molar-refractivity contribution in [2.75, 3.05) is 5.32 Å². The van der Waals surface area contributed by atoms with Crippen molar-refractivity contribution in [1.29, 1.82) is 0 Å². The number of furan rings is 1. The van der Waals surface area contributed by atoms with Crippen molar-refractivity contribution in [3.63, 3.8) is 0 Å². The van der Waals surface area contributed by atoms with Crippen LogP contribution in [0.2, 0.25) is 0 Å². The number of benzene rings is 1. The fourth-order valence-corrected chi connectivity index (χ4v) is 3.37. The first-order chi connectivity index (χ1) is 14.0. The Morgan fingerprint density at radius 1 is 1.17 bits per heavy atom. The first kappa shape index (κ1) is 19.2. The third-order valence-corrected chi connectivity index (χ3v) is 5.72. The second-order valence-corrected chi connectivity index (χ2v) is 7.56. The van der Waals surface area contributed by atoms with Crippen molar-refractivity contribution in [1.82, 2.24) is 19.6 Å². The molecule has 0 saturated carbocycles. The van der Waals surface area contributed by atoms with Crippen LogP contribution in [-0.2, 0) is 13.1 Å². The lowest BCUT2D eigenvalue weighted by Crippen LogP contribution is -2.11. The van der Waals surface area contributed by atoms with E-state index in [1.165, 1.54) is 0 Å². The van der Waals surface area contributed by atoms with Crippen LogP contribution in [0.3, 0.4) is 0 Å². The van der Waals surface area contributed by atoms with E-state index in [0.717, 1.165) is 21.4 Å². The molecule has 148 valence electrons. The fourth-order valence-electron chi connectivity index (χ4n) is 3.08. The molecule has 0 fully saturated rings.